The second kappa shape index (κ2) is 6.96. The first-order valence-electron chi connectivity index (χ1n) is 5.71. The Bertz CT molecular complexity index is 418. The molecule has 0 heterocycles. The van der Waals surface area contributed by atoms with Crippen molar-refractivity contribution in [3.63, 3.8) is 0 Å². The van der Waals surface area contributed by atoms with E-state index in [0.717, 1.165) is 5.56 Å². The van der Waals surface area contributed by atoms with E-state index in [1.165, 1.54) is 0 Å². The average Bonchev–Trinajstić information content (AvgIpc) is 2.34. The smallest absolute Gasteiger partial charge is 0.260 e. The molecule has 0 unspecified atom stereocenters. The van der Waals surface area contributed by atoms with Crippen molar-refractivity contribution in [3.05, 3.63) is 29.8 Å². The fourth-order valence-electron chi connectivity index (χ4n) is 1.29. The lowest BCUT2D eigenvalue weighted by molar-refractivity contribution is -0.131. The van der Waals surface area contributed by atoms with E-state index in [1.54, 1.807) is 11.9 Å². The summed E-state index contributed by atoms with van der Waals surface area (Å²) in [5, 5.41) is 0. The van der Waals surface area contributed by atoms with E-state index in [4.69, 9.17) is 22.7 Å². The number of nitrogens with zero attached hydrogens (tertiary/aromatic N) is 1. The van der Waals surface area contributed by atoms with Crippen LogP contribution in [0.4, 0.5) is 0 Å². The highest BCUT2D eigenvalue weighted by molar-refractivity contribution is 7.80. The Morgan fingerprint density at radius 1 is 1.39 bits per heavy atom. The fraction of sp³-hybridized carbons (Fsp3) is 0.385. The summed E-state index contributed by atoms with van der Waals surface area (Å²) < 4.78 is 5.40. The number of benzene rings is 1. The fourth-order valence-corrected chi connectivity index (χ4v) is 1.38. The van der Waals surface area contributed by atoms with E-state index in [0.29, 0.717) is 23.7 Å². The number of rotatable bonds is 6. The molecule has 0 aliphatic rings. The molecule has 1 aromatic carbocycles. The van der Waals surface area contributed by atoms with Gasteiger partial charge in [0, 0.05) is 20.0 Å². The van der Waals surface area contributed by atoms with Crippen LogP contribution in [0, 0.1) is 6.92 Å². The summed E-state index contributed by atoms with van der Waals surface area (Å²) in [5.74, 6) is 0.600. The normalized spacial score (nSPS) is 9.89. The minimum Gasteiger partial charge on any atom is -0.484 e. The summed E-state index contributed by atoms with van der Waals surface area (Å²) in [6, 6.07) is 7.57. The first-order chi connectivity index (χ1) is 8.49. The van der Waals surface area contributed by atoms with Gasteiger partial charge in [-0.05, 0) is 19.1 Å². The van der Waals surface area contributed by atoms with Gasteiger partial charge in [-0.25, -0.2) is 0 Å². The predicted octanol–water partition coefficient (Wildman–Crippen LogP) is 1.51. The number of likely N-dealkylation sites (N-methyl/N-ethyl adjacent to an activating group) is 1. The van der Waals surface area contributed by atoms with E-state index in [-0.39, 0.29) is 12.5 Å². The largest absolute Gasteiger partial charge is 0.484 e. The molecule has 0 aromatic heterocycles. The molecule has 98 valence electrons. The summed E-state index contributed by atoms with van der Waals surface area (Å²) in [6.07, 6.45) is 0.530. The Morgan fingerprint density at radius 3 is 2.56 bits per heavy atom. The maximum atomic E-state index is 11.7. The third-order valence-electron chi connectivity index (χ3n) is 2.50. The van der Waals surface area contributed by atoms with Crippen LogP contribution in [-0.2, 0) is 4.79 Å². The molecule has 0 saturated heterocycles. The Hall–Kier alpha value is -1.62. The SMILES string of the molecule is Cc1ccc(OCC(=O)N(C)CCC(N)=S)cc1. The lowest BCUT2D eigenvalue weighted by atomic mass is 10.2. The van der Waals surface area contributed by atoms with Gasteiger partial charge in [0.1, 0.15) is 5.75 Å². The second-order valence-electron chi connectivity index (χ2n) is 4.13. The Labute approximate surface area is 113 Å². The lowest BCUT2D eigenvalue weighted by Gasteiger charge is -2.17. The molecule has 0 atom stereocenters. The third-order valence-corrected chi connectivity index (χ3v) is 2.71. The van der Waals surface area contributed by atoms with Crippen LogP contribution in [0.25, 0.3) is 0 Å². The molecule has 0 radical (unpaired) electrons. The van der Waals surface area contributed by atoms with Crippen LogP contribution in [0.5, 0.6) is 5.75 Å². The molecule has 18 heavy (non-hydrogen) atoms. The van der Waals surface area contributed by atoms with Gasteiger partial charge in [-0.2, -0.15) is 0 Å². The molecule has 5 heteroatoms. The minimum atomic E-state index is -0.0909. The number of ether oxygens (including phenoxy) is 1. The highest BCUT2D eigenvalue weighted by Gasteiger charge is 2.09. The first kappa shape index (κ1) is 14.4. The molecular weight excluding hydrogens is 248 g/mol. The molecule has 1 amide bonds. The van der Waals surface area contributed by atoms with E-state index < -0.39 is 0 Å². The predicted molar refractivity (Wildman–Crippen MR) is 75.7 cm³/mol. The molecule has 2 N–H and O–H groups in total. The number of carbonyl (C=O) groups is 1. The van der Waals surface area contributed by atoms with Gasteiger partial charge < -0.3 is 15.4 Å². The maximum absolute atomic E-state index is 11.7. The van der Waals surface area contributed by atoms with Crippen molar-refractivity contribution in [2.75, 3.05) is 20.2 Å². The van der Waals surface area contributed by atoms with E-state index >= 15 is 0 Å². The Morgan fingerprint density at radius 2 is 2.00 bits per heavy atom. The van der Waals surface area contributed by atoms with Gasteiger partial charge in [0.25, 0.3) is 5.91 Å². The second-order valence-corrected chi connectivity index (χ2v) is 4.66. The van der Waals surface area contributed by atoms with Crippen LogP contribution >= 0.6 is 12.2 Å². The molecule has 4 nitrogen and oxygen atoms in total. The van der Waals surface area contributed by atoms with E-state index in [9.17, 15) is 4.79 Å². The Balaban J connectivity index is 2.36. The van der Waals surface area contributed by atoms with Gasteiger partial charge in [-0.15, -0.1) is 0 Å². The van der Waals surface area contributed by atoms with Crippen molar-refractivity contribution in [1.82, 2.24) is 4.90 Å². The highest BCUT2D eigenvalue weighted by Crippen LogP contribution is 2.11. The van der Waals surface area contributed by atoms with Gasteiger partial charge in [0.05, 0.1) is 4.99 Å². The zero-order valence-electron chi connectivity index (χ0n) is 10.7. The van der Waals surface area contributed by atoms with Gasteiger partial charge >= 0.3 is 0 Å². The lowest BCUT2D eigenvalue weighted by Crippen LogP contribution is -2.33. The van der Waals surface area contributed by atoms with Gasteiger partial charge in [-0.1, -0.05) is 29.9 Å². The molecular formula is C13H18N2O2S. The van der Waals surface area contributed by atoms with Crippen LogP contribution in [0.3, 0.4) is 0 Å². The van der Waals surface area contributed by atoms with Crippen molar-refractivity contribution in [1.29, 1.82) is 0 Å². The van der Waals surface area contributed by atoms with E-state index in [2.05, 4.69) is 0 Å². The third kappa shape index (κ3) is 5.14. The molecule has 0 saturated carbocycles. The summed E-state index contributed by atoms with van der Waals surface area (Å²) in [5.41, 5.74) is 6.54. The zero-order chi connectivity index (χ0) is 13.5. The number of amides is 1. The maximum Gasteiger partial charge on any atom is 0.260 e. The number of nitrogens with two attached hydrogens (primary N) is 1. The number of hydrogen-bond donors (Lipinski definition) is 1. The van der Waals surface area contributed by atoms with Crippen molar-refractivity contribution in [2.45, 2.75) is 13.3 Å². The van der Waals surface area contributed by atoms with Gasteiger partial charge in [0.15, 0.2) is 6.61 Å². The number of thiocarbonyl (C=S) groups is 1. The number of aryl methyl sites for hydroxylation is 1. The van der Waals surface area contributed by atoms with Crippen LogP contribution in [0.2, 0.25) is 0 Å². The van der Waals surface area contributed by atoms with Crippen LogP contribution in [-0.4, -0.2) is 36.0 Å². The molecule has 0 spiro atoms. The molecule has 1 aromatic rings. The van der Waals surface area contributed by atoms with Crippen LogP contribution < -0.4 is 10.5 Å². The van der Waals surface area contributed by atoms with Crippen molar-refractivity contribution in [2.24, 2.45) is 5.73 Å². The molecule has 0 fully saturated rings. The standard InChI is InChI=1S/C13H18N2O2S/c1-10-3-5-11(6-4-10)17-9-13(16)15(2)8-7-12(14)18/h3-6H,7-9H2,1-2H3,(H2,14,18). The molecule has 0 aliphatic carbocycles. The van der Waals surface area contributed by atoms with Gasteiger partial charge in [-0.3, -0.25) is 4.79 Å². The minimum absolute atomic E-state index is 0.0247. The highest BCUT2D eigenvalue weighted by atomic mass is 32.1. The summed E-state index contributed by atoms with van der Waals surface area (Å²) >= 11 is 4.76. The average molecular weight is 266 g/mol. The molecule has 0 aliphatic heterocycles. The summed E-state index contributed by atoms with van der Waals surface area (Å²) in [7, 11) is 1.71. The monoisotopic (exact) mass is 266 g/mol. The summed E-state index contributed by atoms with van der Waals surface area (Å²) in [6.45, 7) is 2.54. The van der Waals surface area contributed by atoms with Crippen molar-refractivity contribution >= 4 is 23.1 Å². The quantitative estimate of drug-likeness (QED) is 0.793. The number of carbonyl (C=O) groups excluding carboxylic acids is 1. The summed E-state index contributed by atoms with van der Waals surface area (Å²) in [4.78, 5) is 13.7. The topological polar surface area (TPSA) is 55.6 Å². The Kier molecular flexibility index (Phi) is 5.58. The van der Waals surface area contributed by atoms with Gasteiger partial charge in [0.2, 0.25) is 0 Å². The molecule has 0 bridgehead atoms. The van der Waals surface area contributed by atoms with E-state index in [1.807, 2.05) is 31.2 Å². The zero-order valence-corrected chi connectivity index (χ0v) is 11.5. The van der Waals surface area contributed by atoms with Crippen LogP contribution in [0.15, 0.2) is 24.3 Å². The molecule has 1 rings (SSSR count). The van der Waals surface area contributed by atoms with Crippen LogP contribution in [0.1, 0.15) is 12.0 Å². The first-order valence-corrected chi connectivity index (χ1v) is 6.11. The van der Waals surface area contributed by atoms with Crippen molar-refractivity contribution in [3.8, 4) is 5.75 Å². The number of hydrogen-bond acceptors (Lipinski definition) is 3. The van der Waals surface area contributed by atoms with Crippen molar-refractivity contribution < 1.29 is 9.53 Å².